The van der Waals surface area contributed by atoms with Crippen LogP contribution in [-0.4, -0.2) is 56.0 Å². The predicted molar refractivity (Wildman–Crippen MR) is 142 cm³/mol. The molecule has 2 unspecified atom stereocenters. The number of aliphatic carboxylic acids is 1. The van der Waals surface area contributed by atoms with Gasteiger partial charge in [0.2, 0.25) is 6.61 Å². The van der Waals surface area contributed by atoms with Crippen molar-refractivity contribution < 1.29 is 14.7 Å². The Morgan fingerprint density at radius 2 is 1.65 bits per heavy atom. The summed E-state index contributed by atoms with van der Waals surface area (Å²) in [4.78, 5) is 37.2. The van der Waals surface area contributed by atoms with Gasteiger partial charge in [0.15, 0.2) is 5.69 Å². The Morgan fingerprint density at radius 1 is 0.973 bits per heavy atom. The average molecular weight is 507 g/mol. The number of hydrogen-bond acceptors (Lipinski definition) is 6. The van der Waals surface area contributed by atoms with E-state index >= 15 is 0 Å². The number of piperidine rings is 2. The number of carboxylic acid groups (broad SMARTS) is 1. The fourth-order valence-corrected chi connectivity index (χ4v) is 8.12. The summed E-state index contributed by atoms with van der Waals surface area (Å²) in [6.07, 6.45) is 14.1. The van der Waals surface area contributed by atoms with E-state index in [0.717, 1.165) is 35.7 Å². The van der Waals surface area contributed by atoms with Gasteiger partial charge in [-0.25, -0.2) is 9.78 Å². The van der Waals surface area contributed by atoms with Gasteiger partial charge in [-0.1, -0.05) is 43.0 Å². The van der Waals surface area contributed by atoms with Crippen LogP contribution in [0.4, 0.5) is 0 Å². The lowest BCUT2D eigenvalue weighted by molar-refractivity contribution is -0.142. The molecule has 2 saturated heterocycles. The molecule has 0 amide bonds. The van der Waals surface area contributed by atoms with E-state index in [1.54, 1.807) is 6.92 Å². The molecule has 3 heterocycles. The number of nitrogens with zero attached hydrogens (tertiary/aromatic N) is 4. The molecule has 5 atom stereocenters. The van der Waals surface area contributed by atoms with Crippen LogP contribution in [0.25, 0.3) is 11.0 Å². The molecule has 1 aromatic heterocycles. The van der Waals surface area contributed by atoms with Crippen molar-refractivity contribution in [1.82, 2.24) is 14.5 Å². The second-order valence-electron chi connectivity index (χ2n) is 11.8. The van der Waals surface area contributed by atoms with E-state index in [9.17, 15) is 9.59 Å². The molecular formula is C29H38N4O4. The van der Waals surface area contributed by atoms with Crippen LogP contribution < -0.4 is 5.56 Å². The van der Waals surface area contributed by atoms with Crippen molar-refractivity contribution in [2.75, 3.05) is 6.61 Å². The molecule has 4 aliphatic rings. The first-order valence-electron chi connectivity index (χ1n) is 14.2. The lowest BCUT2D eigenvalue weighted by Gasteiger charge is -2.55. The molecule has 198 valence electrons. The number of hydrogen-bond donors (Lipinski definition) is 1. The SMILES string of the molecule is C/C(=N\OCC(=O)O)c1nc2ccccc2n([C@H]2C[C@H]3CCC[C@@H](C2)N3C2CC3CCCC(C3)C2)c1=O. The molecule has 4 fully saturated rings. The molecule has 2 aliphatic heterocycles. The Balaban J connectivity index is 1.32. The van der Waals surface area contributed by atoms with E-state index in [-0.39, 0.29) is 17.3 Å². The van der Waals surface area contributed by atoms with Gasteiger partial charge in [-0.3, -0.25) is 9.69 Å². The van der Waals surface area contributed by atoms with E-state index < -0.39 is 12.6 Å². The Hall–Kier alpha value is -2.74. The summed E-state index contributed by atoms with van der Waals surface area (Å²) in [5.74, 6) is 0.715. The molecule has 0 spiro atoms. The number of para-hydroxylation sites is 2. The summed E-state index contributed by atoms with van der Waals surface area (Å²) < 4.78 is 1.96. The summed E-state index contributed by atoms with van der Waals surface area (Å²) in [5.41, 5.74) is 1.98. The van der Waals surface area contributed by atoms with Gasteiger partial charge in [0.05, 0.1) is 11.0 Å². The zero-order chi connectivity index (χ0) is 25.5. The largest absolute Gasteiger partial charge is 0.479 e. The maximum Gasteiger partial charge on any atom is 0.344 e. The second-order valence-corrected chi connectivity index (χ2v) is 11.8. The topological polar surface area (TPSA) is 97.0 Å². The zero-order valence-corrected chi connectivity index (χ0v) is 21.7. The van der Waals surface area contributed by atoms with Crippen LogP contribution in [0.2, 0.25) is 0 Å². The van der Waals surface area contributed by atoms with Crippen molar-refractivity contribution in [2.24, 2.45) is 17.0 Å². The molecule has 4 bridgehead atoms. The lowest BCUT2D eigenvalue weighted by atomic mass is 9.68. The Kier molecular flexibility index (Phi) is 6.78. The van der Waals surface area contributed by atoms with E-state index in [1.165, 1.54) is 57.8 Å². The van der Waals surface area contributed by atoms with Crippen LogP contribution in [-0.2, 0) is 9.63 Å². The Morgan fingerprint density at radius 3 is 2.35 bits per heavy atom. The Bertz CT molecular complexity index is 1230. The number of carboxylic acids is 1. The molecule has 2 aliphatic carbocycles. The third kappa shape index (κ3) is 4.80. The van der Waals surface area contributed by atoms with Gasteiger partial charge in [0, 0.05) is 24.2 Å². The van der Waals surface area contributed by atoms with Crippen LogP contribution in [0.1, 0.15) is 89.3 Å². The minimum Gasteiger partial charge on any atom is -0.479 e. The van der Waals surface area contributed by atoms with Crippen molar-refractivity contribution >= 4 is 22.7 Å². The van der Waals surface area contributed by atoms with Gasteiger partial charge in [-0.15, -0.1) is 0 Å². The molecule has 2 saturated carbocycles. The molecule has 1 aromatic carbocycles. The van der Waals surface area contributed by atoms with Crippen molar-refractivity contribution in [3.05, 3.63) is 40.3 Å². The van der Waals surface area contributed by atoms with Gasteiger partial charge in [-0.05, 0) is 75.8 Å². The maximum atomic E-state index is 13.9. The minimum absolute atomic E-state index is 0.113. The number of aromatic nitrogens is 2. The molecule has 1 N–H and O–H groups in total. The van der Waals surface area contributed by atoms with Crippen LogP contribution >= 0.6 is 0 Å². The first-order chi connectivity index (χ1) is 18.0. The quantitative estimate of drug-likeness (QED) is 0.449. The highest BCUT2D eigenvalue weighted by Crippen LogP contribution is 2.47. The summed E-state index contributed by atoms with van der Waals surface area (Å²) in [7, 11) is 0. The fraction of sp³-hybridized carbons (Fsp3) is 0.655. The van der Waals surface area contributed by atoms with Crippen molar-refractivity contribution in [2.45, 2.75) is 102 Å². The van der Waals surface area contributed by atoms with Crippen molar-refractivity contribution in [3.63, 3.8) is 0 Å². The van der Waals surface area contributed by atoms with Gasteiger partial charge in [-0.2, -0.15) is 0 Å². The van der Waals surface area contributed by atoms with Crippen molar-refractivity contribution in [3.8, 4) is 0 Å². The monoisotopic (exact) mass is 506 g/mol. The van der Waals surface area contributed by atoms with Crippen molar-refractivity contribution in [1.29, 1.82) is 0 Å². The standard InChI is InChI=1S/C29H38N4O4/c1-18(31-37-17-27(34)35)28-29(36)33(26-11-3-2-10-25(26)30-28)24-15-21-8-5-9-22(16-24)32(21)23-13-19-6-4-7-20(12-19)14-23/h2-3,10-11,19-24H,4-9,12-17H2,1H3,(H,34,35)/b31-18+/t19?,20?,21-,22+,23?,24+. The molecular weight excluding hydrogens is 468 g/mol. The number of rotatable bonds is 6. The summed E-state index contributed by atoms with van der Waals surface area (Å²) >= 11 is 0. The fourth-order valence-electron chi connectivity index (χ4n) is 8.12. The molecule has 8 heteroatoms. The van der Waals surface area contributed by atoms with E-state index in [4.69, 9.17) is 9.94 Å². The first-order valence-corrected chi connectivity index (χ1v) is 14.2. The molecule has 2 aromatic rings. The highest BCUT2D eigenvalue weighted by molar-refractivity contribution is 5.97. The molecule has 6 rings (SSSR count). The van der Waals surface area contributed by atoms with Gasteiger partial charge < -0.3 is 14.5 Å². The van der Waals surface area contributed by atoms with Gasteiger partial charge in [0.1, 0.15) is 5.71 Å². The third-order valence-corrected chi connectivity index (χ3v) is 9.42. The van der Waals surface area contributed by atoms with Crippen LogP contribution in [0.5, 0.6) is 0 Å². The number of fused-ring (bicyclic) bond motifs is 5. The highest BCUT2D eigenvalue weighted by atomic mass is 16.6. The van der Waals surface area contributed by atoms with E-state index in [1.807, 2.05) is 28.8 Å². The third-order valence-electron chi connectivity index (χ3n) is 9.42. The highest BCUT2D eigenvalue weighted by Gasteiger charge is 2.45. The smallest absolute Gasteiger partial charge is 0.344 e. The zero-order valence-electron chi connectivity index (χ0n) is 21.7. The summed E-state index contributed by atoms with van der Waals surface area (Å²) in [6, 6.07) is 9.69. The van der Waals surface area contributed by atoms with Gasteiger partial charge in [0.25, 0.3) is 5.56 Å². The normalized spacial score (nSPS) is 32.3. The number of oxime groups is 1. The van der Waals surface area contributed by atoms with Gasteiger partial charge >= 0.3 is 5.97 Å². The van der Waals surface area contributed by atoms with E-state index in [2.05, 4.69) is 15.0 Å². The predicted octanol–water partition coefficient (Wildman–Crippen LogP) is 4.75. The number of benzene rings is 1. The average Bonchev–Trinajstić information content (AvgIpc) is 2.87. The van der Waals surface area contributed by atoms with Crippen LogP contribution in [0.15, 0.2) is 34.2 Å². The van der Waals surface area contributed by atoms with E-state index in [0.29, 0.717) is 23.8 Å². The molecule has 37 heavy (non-hydrogen) atoms. The maximum absolute atomic E-state index is 13.9. The molecule has 0 radical (unpaired) electrons. The van der Waals surface area contributed by atoms with Crippen LogP contribution in [0.3, 0.4) is 0 Å². The second kappa shape index (κ2) is 10.2. The first kappa shape index (κ1) is 24.6. The minimum atomic E-state index is -1.11. The lowest BCUT2D eigenvalue weighted by Crippen LogP contribution is -2.58. The number of carbonyl (C=O) groups is 1. The Labute approximate surface area is 217 Å². The summed E-state index contributed by atoms with van der Waals surface area (Å²) in [5, 5.41) is 12.8. The summed E-state index contributed by atoms with van der Waals surface area (Å²) in [6.45, 7) is 1.10. The molecule has 8 nitrogen and oxygen atoms in total. The van der Waals surface area contributed by atoms with Crippen LogP contribution in [0, 0.1) is 11.8 Å².